The zero-order valence-corrected chi connectivity index (χ0v) is 10.7. The maximum Gasteiger partial charge on any atom is 0.149 e. The number of hydrogen-bond donors (Lipinski definition) is 2. The molecule has 90 valence electrons. The van der Waals surface area contributed by atoms with Crippen LogP contribution in [0.15, 0.2) is 16.6 Å². The van der Waals surface area contributed by atoms with Crippen molar-refractivity contribution in [2.75, 3.05) is 18.5 Å². The highest BCUT2D eigenvalue weighted by Gasteiger charge is 2.17. The molecule has 0 atom stereocenters. The predicted molar refractivity (Wildman–Crippen MR) is 63.4 cm³/mol. The lowest BCUT2D eigenvalue weighted by Gasteiger charge is -2.22. The predicted octanol–water partition coefficient (Wildman–Crippen LogP) is 3.16. The average molecular weight is 294 g/mol. The summed E-state index contributed by atoms with van der Waals surface area (Å²) in [6.07, 6.45) is 0. The Bertz CT molecular complexity index is 382. The smallest absolute Gasteiger partial charge is 0.149 e. The van der Waals surface area contributed by atoms with Gasteiger partial charge in [0.2, 0.25) is 0 Å². The Morgan fingerprint density at radius 1 is 1.31 bits per heavy atom. The fraction of sp³-hybridized carbons (Fsp3) is 0.455. The minimum Gasteiger partial charge on any atom is -0.396 e. The molecule has 0 unspecified atom stereocenters. The van der Waals surface area contributed by atoms with Crippen LogP contribution in [0.3, 0.4) is 0 Å². The molecule has 16 heavy (non-hydrogen) atoms. The molecule has 0 aromatic heterocycles. The third-order valence-electron chi connectivity index (χ3n) is 2.20. The van der Waals surface area contributed by atoms with E-state index in [9.17, 15) is 8.78 Å². The Kier molecular flexibility index (Phi) is 4.27. The van der Waals surface area contributed by atoms with Crippen molar-refractivity contribution in [2.24, 2.45) is 5.41 Å². The molecule has 0 aliphatic heterocycles. The average Bonchev–Trinajstić information content (AvgIpc) is 2.22. The molecule has 2 nitrogen and oxygen atoms in total. The Morgan fingerprint density at radius 2 is 1.94 bits per heavy atom. The third-order valence-corrected chi connectivity index (χ3v) is 2.80. The minimum atomic E-state index is -0.644. The van der Waals surface area contributed by atoms with E-state index < -0.39 is 11.6 Å². The molecular formula is C11H14BrF2NO. The second kappa shape index (κ2) is 5.10. The van der Waals surface area contributed by atoms with Crippen molar-refractivity contribution in [3.63, 3.8) is 0 Å². The molecule has 0 saturated carbocycles. The van der Waals surface area contributed by atoms with Crippen molar-refractivity contribution in [1.29, 1.82) is 0 Å². The third kappa shape index (κ3) is 3.42. The molecule has 0 amide bonds. The van der Waals surface area contributed by atoms with Crippen LogP contribution in [0.5, 0.6) is 0 Å². The van der Waals surface area contributed by atoms with Crippen molar-refractivity contribution in [3.05, 3.63) is 28.2 Å². The summed E-state index contributed by atoms with van der Waals surface area (Å²) >= 11 is 2.99. The van der Waals surface area contributed by atoms with Crippen LogP contribution >= 0.6 is 15.9 Å². The number of rotatable bonds is 4. The second-order valence-corrected chi connectivity index (χ2v) is 5.28. The van der Waals surface area contributed by atoms with E-state index in [2.05, 4.69) is 21.2 Å². The summed E-state index contributed by atoms with van der Waals surface area (Å²) in [5, 5.41) is 11.9. The molecule has 0 fully saturated rings. The summed E-state index contributed by atoms with van der Waals surface area (Å²) in [4.78, 5) is 0. The Morgan fingerprint density at radius 3 is 2.50 bits per heavy atom. The molecule has 5 heteroatoms. The quantitative estimate of drug-likeness (QED) is 0.836. The van der Waals surface area contributed by atoms with Crippen molar-refractivity contribution in [1.82, 2.24) is 0 Å². The SMILES string of the molecule is CC(C)(CO)CNc1cc(Br)c(F)cc1F. The van der Waals surface area contributed by atoms with E-state index in [0.717, 1.165) is 6.07 Å². The van der Waals surface area contributed by atoms with Crippen LogP contribution in [0, 0.1) is 17.0 Å². The summed E-state index contributed by atoms with van der Waals surface area (Å²) in [6, 6.07) is 2.16. The number of halogens is 3. The number of nitrogens with one attached hydrogen (secondary N) is 1. The first kappa shape index (κ1) is 13.4. The van der Waals surface area contributed by atoms with Crippen LogP contribution in [0.1, 0.15) is 13.8 Å². The van der Waals surface area contributed by atoms with Gasteiger partial charge in [-0.2, -0.15) is 0 Å². The van der Waals surface area contributed by atoms with Crippen LogP contribution < -0.4 is 5.32 Å². The highest BCUT2D eigenvalue weighted by atomic mass is 79.9. The van der Waals surface area contributed by atoms with E-state index in [-0.39, 0.29) is 22.2 Å². The van der Waals surface area contributed by atoms with Crippen LogP contribution in [-0.4, -0.2) is 18.3 Å². The van der Waals surface area contributed by atoms with Crippen LogP contribution in [-0.2, 0) is 0 Å². The van der Waals surface area contributed by atoms with Gasteiger partial charge in [0.05, 0.1) is 10.2 Å². The monoisotopic (exact) mass is 293 g/mol. The molecular weight excluding hydrogens is 280 g/mol. The molecule has 1 aromatic rings. The van der Waals surface area contributed by atoms with Gasteiger partial charge < -0.3 is 10.4 Å². The van der Waals surface area contributed by atoms with E-state index in [1.807, 2.05) is 13.8 Å². The first-order valence-electron chi connectivity index (χ1n) is 4.85. The van der Waals surface area contributed by atoms with E-state index in [1.165, 1.54) is 6.07 Å². The summed E-state index contributed by atoms with van der Waals surface area (Å²) in [7, 11) is 0. The fourth-order valence-electron chi connectivity index (χ4n) is 1.05. The Hall–Kier alpha value is -0.680. The van der Waals surface area contributed by atoms with Crippen molar-refractivity contribution in [3.8, 4) is 0 Å². The van der Waals surface area contributed by atoms with Gasteiger partial charge in [0, 0.05) is 24.6 Å². The summed E-state index contributed by atoms with van der Waals surface area (Å²) in [5.74, 6) is -1.28. The van der Waals surface area contributed by atoms with Crippen molar-refractivity contribution < 1.29 is 13.9 Å². The summed E-state index contributed by atoms with van der Waals surface area (Å²) < 4.78 is 26.5. The van der Waals surface area contributed by atoms with Gasteiger partial charge in [-0.25, -0.2) is 8.78 Å². The lowest BCUT2D eigenvalue weighted by molar-refractivity contribution is 0.170. The normalized spacial score (nSPS) is 11.6. The maximum absolute atomic E-state index is 13.3. The summed E-state index contributed by atoms with van der Waals surface area (Å²) in [5.41, 5.74) is -0.136. The molecule has 0 heterocycles. The lowest BCUT2D eigenvalue weighted by atomic mass is 9.95. The number of aliphatic hydroxyl groups is 1. The second-order valence-electron chi connectivity index (χ2n) is 4.42. The van der Waals surface area contributed by atoms with E-state index in [4.69, 9.17) is 5.11 Å². The standard InChI is InChI=1S/C11H14BrF2NO/c1-11(2,6-16)5-15-10-3-7(12)8(13)4-9(10)14/h3-4,15-16H,5-6H2,1-2H3. The van der Waals surface area contributed by atoms with Crippen molar-refractivity contribution in [2.45, 2.75) is 13.8 Å². The van der Waals surface area contributed by atoms with E-state index in [1.54, 1.807) is 0 Å². The largest absolute Gasteiger partial charge is 0.396 e. The van der Waals surface area contributed by atoms with Gasteiger partial charge in [-0.1, -0.05) is 13.8 Å². The number of aliphatic hydroxyl groups excluding tert-OH is 1. The molecule has 1 aromatic carbocycles. The van der Waals surface area contributed by atoms with Crippen LogP contribution in [0.2, 0.25) is 0 Å². The maximum atomic E-state index is 13.3. The molecule has 1 rings (SSSR count). The zero-order chi connectivity index (χ0) is 12.3. The molecule has 0 saturated heterocycles. The Labute approximate surface area is 102 Å². The first-order valence-corrected chi connectivity index (χ1v) is 5.64. The molecule has 2 N–H and O–H groups in total. The number of anilines is 1. The zero-order valence-electron chi connectivity index (χ0n) is 9.15. The van der Waals surface area contributed by atoms with Gasteiger partial charge in [-0.15, -0.1) is 0 Å². The molecule has 0 radical (unpaired) electrons. The molecule has 0 aliphatic rings. The van der Waals surface area contributed by atoms with Crippen LogP contribution in [0.25, 0.3) is 0 Å². The molecule has 0 aliphatic carbocycles. The van der Waals surface area contributed by atoms with Gasteiger partial charge in [-0.05, 0) is 22.0 Å². The van der Waals surface area contributed by atoms with Crippen molar-refractivity contribution >= 4 is 21.6 Å². The van der Waals surface area contributed by atoms with Gasteiger partial charge in [0.1, 0.15) is 11.6 Å². The number of benzene rings is 1. The van der Waals surface area contributed by atoms with E-state index >= 15 is 0 Å². The van der Waals surface area contributed by atoms with Gasteiger partial charge >= 0.3 is 0 Å². The van der Waals surface area contributed by atoms with E-state index in [0.29, 0.717) is 6.54 Å². The minimum absolute atomic E-state index is 0.00994. The van der Waals surface area contributed by atoms with Gasteiger partial charge in [0.25, 0.3) is 0 Å². The van der Waals surface area contributed by atoms with Gasteiger partial charge in [-0.3, -0.25) is 0 Å². The highest BCUT2D eigenvalue weighted by molar-refractivity contribution is 9.10. The first-order chi connectivity index (χ1) is 7.35. The fourth-order valence-corrected chi connectivity index (χ4v) is 1.39. The number of hydrogen-bond acceptors (Lipinski definition) is 2. The molecule has 0 spiro atoms. The van der Waals surface area contributed by atoms with Crippen LogP contribution in [0.4, 0.5) is 14.5 Å². The Balaban J connectivity index is 2.79. The molecule has 0 bridgehead atoms. The highest BCUT2D eigenvalue weighted by Crippen LogP contribution is 2.25. The lowest BCUT2D eigenvalue weighted by Crippen LogP contribution is -2.27. The summed E-state index contributed by atoms with van der Waals surface area (Å²) in [6.45, 7) is 4.08. The van der Waals surface area contributed by atoms with Gasteiger partial charge in [0.15, 0.2) is 0 Å². The topological polar surface area (TPSA) is 32.3 Å².